The summed E-state index contributed by atoms with van der Waals surface area (Å²) in [5.41, 5.74) is 1.11. The maximum Gasteiger partial charge on any atom is 0.265 e. The summed E-state index contributed by atoms with van der Waals surface area (Å²) >= 11 is 0. The van der Waals surface area contributed by atoms with Gasteiger partial charge in [0.05, 0.1) is 12.8 Å². The molecule has 0 amide bonds. The molecule has 118 valence electrons. The minimum Gasteiger partial charge on any atom is -0.495 e. The van der Waals surface area contributed by atoms with Gasteiger partial charge in [-0.1, -0.05) is 18.2 Å². The first-order valence-corrected chi connectivity index (χ1v) is 8.34. The first-order valence-electron chi connectivity index (χ1n) is 6.86. The Labute approximate surface area is 134 Å². The van der Waals surface area contributed by atoms with E-state index < -0.39 is 10.0 Å². The largest absolute Gasteiger partial charge is 0.495 e. The summed E-state index contributed by atoms with van der Waals surface area (Å²) in [6, 6.07) is 15.3. The van der Waals surface area contributed by atoms with Gasteiger partial charge in [0.25, 0.3) is 10.0 Å². The predicted molar refractivity (Wildman–Crippen MR) is 87.4 cm³/mol. The van der Waals surface area contributed by atoms with Crippen molar-refractivity contribution in [1.29, 1.82) is 0 Å². The van der Waals surface area contributed by atoms with Crippen molar-refractivity contribution in [3.63, 3.8) is 0 Å². The standard InChI is InChI=1S/C16H15N3O3S/c1-22-15-9-8-14(19-11-5-10-17-19)12-16(15)23(20,21)18-13-6-3-2-4-7-13/h2-12,18H,1H3. The molecule has 0 fully saturated rings. The zero-order chi connectivity index (χ0) is 16.3. The summed E-state index contributed by atoms with van der Waals surface area (Å²) in [6.07, 6.45) is 3.36. The van der Waals surface area contributed by atoms with Crippen molar-refractivity contribution in [3.8, 4) is 11.4 Å². The second kappa shape index (κ2) is 6.13. The molecule has 0 saturated heterocycles. The molecule has 1 heterocycles. The monoisotopic (exact) mass is 329 g/mol. The zero-order valence-corrected chi connectivity index (χ0v) is 13.2. The van der Waals surface area contributed by atoms with Crippen molar-refractivity contribution in [2.24, 2.45) is 0 Å². The van der Waals surface area contributed by atoms with Crippen molar-refractivity contribution in [2.75, 3.05) is 11.8 Å². The summed E-state index contributed by atoms with van der Waals surface area (Å²) in [5, 5.41) is 4.11. The van der Waals surface area contributed by atoms with Gasteiger partial charge in [-0.2, -0.15) is 5.10 Å². The minimum absolute atomic E-state index is 0.0526. The van der Waals surface area contributed by atoms with Crippen molar-refractivity contribution in [2.45, 2.75) is 4.90 Å². The maximum atomic E-state index is 12.7. The number of hydrogen-bond donors (Lipinski definition) is 1. The fraction of sp³-hybridized carbons (Fsp3) is 0.0625. The van der Waals surface area contributed by atoms with Crippen molar-refractivity contribution >= 4 is 15.7 Å². The summed E-state index contributed by atoms with van der Waals surface area (Å²) in [5.74, 6) is 0.268. The SMILES string of the molecule is COc1ccc(-n2cccn2)cc1S(=O)(=O)Nc1ccccc1. The topological polar surface area (TPSA) is 73.2 Å². The summed E-state index contributed by atoms with van der Waals surface area (Å²) in [6.45, 7) is 0. The summed E-state index contributed by atoms with van der Waals surface area (Å²) < 4.78 is 34.7. The minimum atomic E-state index is -3.79. The molecule has 1 aromatic heterocycles. The average molecular weight is 329 g/mol. The molecule has 6 nitrogen and oxygen atoms in total. The van der Waals surface area contributed by atoms with E-state index in [0.29, 0.717) is 11.4 Å². The van der Waals surface area contributed by atoms with E-state index >= 15 is 0 Å². The van der Waals surface area contributed by atoms with Gasteiger partial charge >= 0.3 is 0 Å². The lowest BCUT2D eigenvalue weighted by atomic mass is 10.3. The van der Waals surface area contributed by atoms with Crippen LogP contribution in [-0.4, -0.2) is 25.3 Å². The molecule has 0 atom stereocenters. The molecule has 3 rings (SSSR count). The van der Waals surface area contributed by atoms with Gasteiger partial charge in [0.15, 0.2) is 0 Å². The first-order chi connectivity index (χ1) is 11.1. The Morgan fingerprint density at radius 3 is 2.52 bits per heavy atom. The van der Waals surface area contributed by atoms with E-state index in [2.05, 4.69) is 9.82 Å². The Hall–Kier alpha value is -2.80. The highest BCUT2D eigenvalue weighted by Gasteiger charge is 2.20. The lowest BCUT2D eigenvalue weighted by Crippen LogP contribution is -2.14. The van der Waals surface area contributed by atoms with E-state index in [9.17, 15) is 8.42 Å². The van der Waals surface area contributed by atoms with E-state index in [4.69, 9.17) is 4.74 Å². The van der Waals surface area contributed by atoms with Crippen LogP contribution in [0, 0.1) is 0 Å². The number of rotatable bonds is 5. The van der Waals surface area contributed by atoms with Crippen LogP contribution in [0.25, 0.3) is 5.69 Å². The van der Waals surface area contributed by atoms with Crippen LogP contribution in [0.4, 0.5) is 5.69 Å². The number of hydrogen-bond acceptors (Lipinski definition) is 4. The van der Waals surface area contributed by atoms with Gasteiger partial charge < -0.3 is 4.74 Å². The number of aromatic nitrogens is 2. The molecule has 0 unspecified atom stereocenters. The maximum absolute atomic E-state index is 12.7. The number of nitrogens with one attached hydrogen (secondary N) is 1. The van der Waals surface area contributed by atoms with E-state index in [0.717, 1.165) is 0 Å². The van der Waals surface area contributed by atoms with Crippen LogP contribution in [0.5, 0.6) is 5.75 Å². The summed E-state index contributed by atoms with van der Waals surface area (Å²) in [4.78, 5) is 0.0526. The molecule has 0 spiro atoms. The van der Waals surface area contributed by atoms with Crippen LogP contribution in [-0.2, 0) is 10.0 Å². The van der Waals surface area contributed by atoms with Crippen molar-refractivity contribution in [3.05, 3.63) is 67.0 Å². The lowest BCUT2D eigenvalue weighted by molar-refractivity contribution is 0.402. The molecule has 0 aliphatic carbocycles. The average Bonchev–Trinajstić information content (AvgIpc) is 3.09. The number of anilines is 1. The quantitative estimate of drug-likeness (QED) is 0.781. The Morgan fingerprint density at radius 1 is 1.09 bits per heavy atom. The molecule has 7 heteroatoms. The van der Waals surface area contributed by atoms with Crippen LogP contribution in [0.2, 0.25) is 0 Å². The van der Waals surface area contributed by atoms with Crippen LogP contribution in [0.3, 0.4) is 0 Å². The number of sulfonamides is 1. The molecular formula is C16H15N3O3S. The number of ether oxygens (including phenoxy) is 1. The Bertz CT molecular complexity index is 892. The third-order valence-electron chi connectivity index (χ3n) is 3.23. The van der Waals surface area contributed by atoms with E-state index in [1.54, 1.807) is 59.5 Å². The fourth-order valence-electron chi connectivity index (χ4n) is 2.16. The molecule has 3 aromatic rings. The smallest absolute Gasteiger partial charge is 0.265 e. The van der Waals surface area contributed by atoms with Gasteiger partial charge in [0.2, 0.25) is 0 Å². The number of benzene rings is 2. The van der Waals surface area contributed by atoms with E-state index in [1.165, 1.54) is 13.2 Å². The molecular weight excluding hydrogens is 314 g/mol. The predicted octanol–water partition coefficient (Wildman–Crippen LogP) is 2.68. The van der Waals surface area contributed by atoms with Crippen molar-refractivity contribution in [1.82, 2.24) is 9.78 Å². The Morgan fingerprint density at radius 2 is 1.87 bits per heavy atom. The molecule has 0 aliphatic heterocycles. The second-order valence-corrected chi connectivity index (χ2v) is 6.41. The fourth-order valence-corrected chi connectivity index (χ4v) is 3.40. The molecule has 0 saturated carbocycles. The zero-order valence-electron chi connectivity index (χ0n) is 12.4. The molecule has 2 aromatic carbocycles. The van der Waals surface area contributed by atoms with Crippen LogP contribution in [0.1, 0.15) is 0 Å². The van der Waals surface area contributed by atoms with Gasteiger partial charge in [-0.15, -0.1) is 0 Å². The highest BCUT2D eigenvalue weighted by atomic mass is 32.2. The van der Waals surface area contributed by atoms with E-state index in [-0.39, 0.29) is 10.6 Å². The van der Waals surface area contributed by atoms with Crippen molar-refractivity contribution < 1.29 is 13.2 Å². The normalized spacial score (nSPS) is 11.2. The van der Waals surface area contributed by atoms with Gasteiger partial charge in [0.1, 0.15) is 10.6 Å². The number of para-hydroxylation sites is 1. The van der Waals surface area contributed by atoms with Crippen LogP contribution < -0.4 is 9.46 Å². The highest BCUT2D eigenvalue weighted by Crippen LogP contribution is 2.28. The Kier molecular flexibility index (Phi) is 4.03. The first kappa shape index (κ1) is 15.1. The van der Waals surface area contributed by atoms with E-state index in [1.807, 2.05) is 6.07 Å². The Balaban J connectivity index is 2.04. The highest BCUT2D eigenvalue weighted by molar-refractivity contribution is 7.92. The van der Waals surface area contributed by atoms with Gasteiger partial charge in [-0.05, 0) is 36.4 Å². The molecule has 0 bridgehead atoms. The summed E-state index contributed by atoms with van der Waals surface area (Å²) in [7, 11) is -2.35. The lowest BCUT2D eigenvalue weighted by Gasteiger charge is -2.13. The number of methoxy groups -OCH3 is 1. The third kappa shape index (κ3) is 3.19. The molecule has 0 radical (unpaired) electrons. The third-order valence-corrected chi connectivity index (χ3v) is 4.63. The van der Waals surface area contributed by atoms with Gasteiger partial charge in [-0.3, -0.25) is 4.72 Å². The van der Waals surface area contributed by atoms with Crippen LogP contribution >= 0.6 is 0 Å². The number of nitrogens with zero attached hydrogens (tertiary/aromatic N) is 2. The van der Waals surface area contributed by atoms with Gasteiger partial charge in [-0.25, -0.2) is 13.1 Å². The molecule has 0 aliphatic rings. The second-order valence-electron chi connectivity index (χ2n) is 4.76. The molecule has 1 N–H and O–H groups in total. The molecule has 23 heavy (non-hydrogen) atoms. The van der Waals surface area contributed by atoms with Gasteiger partial charge in [0, 0.05) is 18.1 Å². The van der Waals surface area contributed by atoms with Crippen LogP contribution in [0.15, 0.2) is 71.9 Å².